The predicted molar refractivity (Wildman–Crippen MR) is 115 cm³/mol. The monoisotopic (exact) mass is 405 g/mol. The number of rotatable bonds is 7. The minimum Gasteiger partial charge on any atom is -0.497 e. The summed E-state index contributed by atoms with van der Waals surface area (Å²) in [5, 5.41) is 6.88. The van der Waals surface area contributed by atoms with Gasteiger partial charge in [0.25, 0.3) is 5.91 Å². The zero-order valence-electron chi connectivity index (χ0n) is 17.1. The Labute approximate surface area is 174 Å². The van der Waals surface area contributed by atoms with Crippen molar-refractivity contribution >= 4 is 29.3 Å². The Kier molecular flexibility index (Phi) is 6.64. The normalized spacial score (nSPS) is 11.1. The third-order valence-corrected chi connectivity index (χ3v) is 4.42. The number of aromatic nitrogens is 2. The number of anilines is 1. The van der Waals surface area contributed by atoms with Crippen molar-refractivity contribution in [2.45, 2.75) is 6.92 Å². The van der Waals surface area contributed by atoms with E-state index >= 15 is 0 Å². The number of nitrogens with zero attached hydrogens (tertiary/aromatic N) is 2. The molecule has 1 heterocycles. The van der Waals surface area contributed by atoms with E-state index in [1.807, 2.05) is 54.6 Å². The second-order valence-electron chi connectivity index (χ2n) is 6.40. The van der Waals surface area contributed by atoms with E-state index in [0.717, 1.165) is 16.9 Å². The fraction of sp³-hybridized carbons (Fsp3) is 0.174. The Hall–Kier alpha value is -3.87. The maximum atomic E-state index is 13.2. The smallest absolute Gasteiger partial charge is 0.343 e. The van der Waals surface area contributed by atoms with E-state index in [0.29, 0.717) is 5.57 Å². The van der Waals surface area contributed by atoms with Crippen LogP contribution in [0.1, 0.15) is 28.4 Å². The summed E-state index contributed by atoms with van der Waals surface area (Å²) in [6.45, 7) is 1.95. The summed E-state index contributed by atoms with van der Waals surface area (Å²) in [6.07, 6.45) is 3.16. The van der Waals surface area contributed by atoms with E-state index in [1.165, 1.54) is 10.9 Å². The van der Waals surface area contributed by atoms with Crippen LogP contribution in [0.25, 0.3) is 11.6 Å². The molecule has 30 heavy (non-hydrogen) atoms. The molecule has 0 aliphatic rings. The van der Waals surface area contributed by atoms with Crippen molar-refractivity contribution in [1.82, 2.24) is 9.78 Å². The number of ether oxygens (including phenoxy) is 2. The quantitative estimate of drug-likeness (QED) is 0.367. The molecule has 2 aromatic carbocycles. The van der Waals surface area contributed by atoms with E-state index in [1.54, 1.807) is 27.2 Å². The molecule has 0 bridgehead atoms. The minimum atomic E-state index is -0.540. The number of hydrogen-bond donors (Lipinski definition) is 1. The summed E-state index contributed by atoms with van der Waals surface area (Å²) in [5.74, 6) is 0.0919. The average Bonchev–Trinajstić information content (AvgIpc) is 3.13. The van der Waals surface area contributed by atoms with Crippen LogP contribution in [-0.4, -0.2) is 35.4 Å². The fourth-order valence-electron chi connectivity index (χ4n) is 2.88. The first-order chi connectivity index (χ1) is 14.5. The third kappa shape index (κ3) is 4.75. The van der Waals surface area contributed by atoms with Gasteiger partial charge in [-0.3, -0.25) is 9.48 Å². The number of methoxy groups -OCH3 is 1. The zero-order chi connectivity index (χ0) is 21.5. The summed E-state index contributed by atoms with van der Waals surface area (Å²) >= 11 is 0. The van der Waals surface area contributed by atoms with Gasteiger partial charge in [-0.2, -0.15) is 5.10 Å². The van der Waals surface area contributed by atoms with Crippen LogP contribution < -0.4 is 10.1 Å². The van der Waals surface area contributed by atoms with Gasteiger partial charge in [-0.05, 0) is 36.3 Å². The van der Waals surface area contributed by atoms with Gasteiger partial charge in [0.2, 0.25) is 0 Å². The first-order valence-electron chi connectivity index (χ1n) is 9.45. The Morgan fingerprint density at radius 2 is 1.80 bits per heavy atom. The van der Waals surface area contributed by atoms with E-state index in [2.05, 4.69) is 10.4 Å². The van der Waals surface area contributed by atoms with Gasteiger partial charge in [0.05, 0.1) is 19.9 Å². The van der Waals surface area contributed by atoms with Crippen molar-refractivity contribution in [3.63, 3.8) is 0 Å². The highest BCUT2D eigenvalue weighted by molar-refractivity contribution is 6.29. The van der Waals surface area contributed by atoms with E-state index in [9.17, 15) is 9.59 Å². The van der Waals surface area contributed by atoms with Crippen LogP contribution in [0.4, 0.5) is 5.82 Å². The maximum absolute atomic E-state index is 13.2. The fourth-order valence-corrected chi connectivity index (χ4v) is 2.88. The molecule has 0 unspecified atom stereocenters. The number of nitrogens with one attached hydrogen (secondary N) is 1. The summed E-state index contributed by atoms with van der Waals surface area (Å²) in [6, 6.07) is 16.7. The molecule has 3 aromatic rings. The zero-order valence-corrected chi connectivity index (χ0v) is 17.1. The van der Waals surface area contributed by atoms with Crippen LogP contribution in [0.2, 0.25) is 0 Å². The Morgan fingerprint density at radius 3 is 2.43 bits per heavy atom. The number of carbonyl (C=O) groups excluding carboxylic acids is 2. The first kappa shape index (κ1) is 20.9. The lowest BCUT2D eigenvalue weighted by atomic mass is 10.0. The highest BCUT2D eigenvalue weighted by Crippen LogP contribution is 2.23. The number of aryl methyl sites for hydroxylation is 1. The molecule has 0 fully saturated rings. The topological polar surface area (TPSA) is 82.5 Å². The molecule has 1 N–H and O–H groups in total. The predicted octanol–water partition coefficient (Wildman–Crippen LogP) is 3.78. The number of esters is 1. The van der Waals surface area contributed by atoms with Crippen LogP contribution in [0.5, 0.6) is 5.75 Å². The second-order valence-corrected chi connectivity index (χ2v) is 6.40. The summed E-state index contributed by atoms with van der Waals surface area (Å²) in [4.78, 5) is 25.4. The van der Waals surface area contributed by atoms with E-state index in [4.69, 9.17) is 9.47 Å². The molecule has 0 radical (unpaired) electrons. The summed E-state index contributed by atoms with van der Waals surface area (Å²) in [7, 11) is 3.25. The lowest BCUT2D eigenvalue weighted by molar-refractivity contribution is -0.111. The van der Waals surface area contributed by atoms with Gasteiger partial charge in [-0.15, -0.1) is 0 Å². The Morgan fingerprint density at radius 1 is 1.10 bits per heavy atom. The highest BCUT2D eigenvalue weighted by Gasteiger charge is 2.21. The number of hydrogen-bond acceptors (Lipinski definition) is 5. The molecule has 1 aromatic heterocycles. The van der Waals surface area contributed by atoms with E-state index < -0.39 is 5.97 Å². The van der Waals surface area contributed by atoms with Gasteiger partial charge in [0.1, 0.15) is 17.1 Å². The lowest BCUT2D eigenvalue weighted by Gasteiger charge is -2.12. The van der Waals surface area contributed by atoms with Crippen molar-refractivity contribution in [3.8, 4) is 5.75 Å². The molecule has 7 heteroatoms. The molecule has 0 spiro atoms. The Bertz CT molecular complexity index is 1050. The summed E-state index contributed by atoms with van der Waals surface area (Å²) in [5.41, 5.74) is 2.22. The van der Waals surface area contributed by atoms with Gasteiger partial charge >= 0.3 is 5.97 Å². The molecule has 0 aliphatic heterocycles. The van der Waals surface area contributed by atoms with Crippen molar-refractivity contribution in [1.29, 1.82) is 0 Å². The van der Waals surface area contributed by atoms with Gasteiger partial charge in [-0.25, -0.2) is 4.79 Å². The van der Waals surface area contributed by atoms with Gasteiger partial charge in [-0.1, -0.05) is 42.5 Å². The molecule has 0 aliphatic carbocycles. The van der Waals surface area contributed by atoms with Crippen LogP contribution >= 0.6 is 0 Å². The van der Waals surface area contributed by atoms with Crippen molar-refractivity contribution in [2.75, 3.05) is 19.0 Å². The van der Waals surface area contributed by atoms with Crippen LogP contribution in [0.15, 0.2) is 60.8 Å². The molecule has 1 amide bonds. The second kappa shape index (κ2) is 9.56. The molecular formula is C23H23N3O4. The number of carbonyl (C=O) groups is 2. The molecule has 0 saturated heterocycles. The van der Waals surface area contributed by atoms with Crippen molar-refractivity contribution in [3.05, 3.63) is 77.5 Å². The minimum absolute atomic E-state index is 0.199. The average molecular weight is 405 g/mol. The van der Waals surface area contributed by atoms with Crippen LogP contribution in [-0.2, 0) is 16.6 Å². The van der Waals surface area contributed by atoms with Gasteiger partial charge in [0, 0.05) is 12.6 Å². The molecule has 0 saturated carbocycles. The number of benzene rings is 2. The standard InChI is InChI=1S/C23H23N3O4/c1-4-30-23(28)20-15-24-26(2)21(20)25-22(27)19(17-8-6-5-7-9-17)14-16-10-12-18(29-3)13-11-16/h5-15H,4H2,1-3H3,(H,25,27)/b19-14+. The van der Waals surface area contributed by atoms with Crippen LogP contribution in [0, 0.1) is 0 Å². The van der Waals surface area contributed by atoms with Crippen LogP contribution in [0.3, 0.4) is 0 Å². The lowest BCUT2D eigenvalue weighted by Crippen LogP contribution is -2.18. The molecule has 154 valence electrons. The molecule has 7 nitrogen and oxygen atoms in total. The summed E-state index contributed by atoms with van der Waals surface area (Å²) < 4.78 is 11.7. The van der Waals surface area contributed by atoms with Crippen molar-refractivity contribution in [2.24, 2.45) is 7.05 Å². The first-order valence-corrected chi connectivity index (χ1v) is 9.45. The van der Waals surface area contributed by atoms with Gasteiger partial charge < -0.3 is 14.8 Å². The molecule has 3 rings (SSSR count). The largest absolute Gasteiger partial charge is 0.497 e. The van der Waals surface area contributed by atoms with Gasteiger partial charge in [0.15, 0.2) is 0 Å². The van der Waals surface area contributed by atoms with E-state index in [-0.39, 0.29) is 23.9 Å². The SMILES string of the molecule is CCOC(=O)c1cnn(C)c1NC(=O)/C(=C/c1ccc(OC)cc1)c1ccccc1. The number of amides is 1. The molecular weight excluding hydrogens is 382 g/mol. The third-order valence-electron chi connectivity index (χ3n) is 4.42. The highest BCUT2D eigenvalue weighted by atomic mass is 16.5. The van der Waals surface area contributed by atoms with Crippen molar-refractivity contribution < 1.29 is 19.1 Å². The Balaban J connectivity index is 1.97. The maximum Gasteiger partial charge on any atom is 0.343 e. The molecule has 0 atom stereocenters.